The molecule has 1 atom stereocenters. The predicted molar refractivity (Wildman–Crippen MR) is 114 cm³/mol. The van der Waals surface area contributed by atoms with E-state index in [9.17, 15) is 4.79 Å². The number of benzene rings is 2. The molecule has 2 N–H and O–H groups in total. The molecule has 1 unspecified atom stereocenters. The molecule has 6 heteroatoms. The fraction of sp³-hybridized carbons (Fsp3) is 0.174. The minimum absolute atomic E-state index is 0.122. The Bertz CT molecular complexity index is 1040. The number of carbonyl (C=O) groups excluding carboxylic acids is 1. The van der Waals surface area contributed by atoms with Gasteiger partial charge in [-0.3, -0.25) is 4.79 Å². The summed E-state index contributed by atoms with van der Waals surface area (Å²) in [6.07, 6.45) is 2.13. The van der Waals surface area contributed by atoms with Crippen LogP contribution >= 0.6 is 0 Å². The standard InChI is InChI=1S/C23H21N5O/c29-23(17-4-2-1-3-5-17)25-20-8-6-16(7-9-20)21-10-11-22(27-26-21)28-14-18-12-24-13-19(18)15-28/h1-12,19,24H,13-15H2,(H,25,29). The summed E-state index contributed by atoms with van der Waals surface area (Å²) in [6.45, 7) is 2.93. The highest BCUT2D eigenvalue weighted by atomic mass is 16.1. The molecule has 0 aliphatic carbocycles. The molecule has 0 spiro atoms. The lowest BCUT2D eigenvalue weighted by Gasteiger charge is -2.16. The number of hydrogen-bond donors (Lipinski definition) is 2. The predicted octanol–water partition coefficient (Wildman–Crippen LogP) is 3.32. The Labute approximate surface area is 169 Å². The second kappa shape index (κ2) is 7.39. The SMILES string of the molecule is O=C(Nc1ccc(-c2ccc(N3CC4=CNCC4C3)nn2)cc1)c1ccccc1. The van der Waals surface area contributed by atoms with Gasteiger partial charge in [0, 0.05) is 42.4 Å². The molecule has 2 aromatic carbocycles. The molecule has 0 bridgehead atoms. The molecule has 0 radical (unpaired) electrons. The Morgan fingerprint density at radius 3 is 2.55 bits per heavy atom. The van der Waals surface area contributed by atoms with Gasteiger partial charge in [0.25, 0.3) is 5.91 Å². The number of nitrogens with zero attached hydrogens (tertiary/aromatic N) is 3. The first-order chi connectivity index (χ1) is 14.3. The minimum atomic E-state index is -0.122. The first-order valence-electron chi connectivity index (χ1n) is 9.74. The van der Waals surface area contributed by atoms with E-state index in [-0.39, 0.29) is 5.91 Å². The van der Waals surface area contributed by atoms with Crippen LogP contribution in [0.15, 0.2) is 78.5 Å². The number of carbonyl (C=O) groups is 1. The molecule has 144 valence electrons. The normalized spacial score (nSPS) is 17.4. The third-order valence-corrected chi connectivity index (χ3v) is 5.44. The van der Waals surface area contributed by atoms with Crippen LogP contribution in [0.2, 0.25) is 0 Å². The smallest absolute Gasteiger partial charge is 0.255 e. The summed E-state index contributed by atoms with van der Waals surface area (Å²) >= 11 is 0. The zero-order chi connectivity index (χ0) is 19.6. The molecular weight excluding hydrogens is 362 g/mol. The van der Waals surface area contributed by atoms with E-state index in [1.807, 2.05) is 54.6 Å². The van der Waals surface area contributed by atoms with Gasteiger partial charge in [0.1, 0.15) is 0 Å². The van der Waals surface area contributed by atoms with Crippen LogP contribution in [-0.4, -0.2) is 35.7 Å². The molecule has 6 nitrogen and oxygen atoms in total. The largest absolute Gasteiger partial charge is 0.390 e. The highest BCUT2D eigenvalue weighted by molar-refractivity contribution is 6.04. The molecule has 0 saturated carbocycles. The first-order valence-corrected chi connectivity index (χ1v) is 9.74. The Morgan fingerprint density at radius 2 is 1.83 bits per heavy atom. The van der Waals surface area contributed by atoms with E-state index in [1.165, 1.54) is 5.57 Å². The van der Waals surface area contributed by atoms with Crippen LogP contribution in [-0.2, 0) is 0 Å². The van der Waals surface area contributed by atoms with Crippen molar-refractivity contribution in [2.24, 2.45) is 5.92 Å². The maximum atomic E-state index is 12.3. The van der Waals surface area contributed by atoms with Crippen LogP contribution < -0.4 is 15.5 Å². The van der Waals surface area contributed by atoms with E-state index in [1.54, 1.807) is 12.1 Å². The summed E-state index contributed by atoms with van der Waals surface area (Å²) in [4.78, 5) is 14.5. The third-order valence-electron chi connectivity index (χ3n) is 5.44. The maximum Gasteiger partial charge on any atom is 0.255 e. The van der Waals surface area contributed by atoms with Gasteiger partial charge in [-0.25, -0.2) is 0 Å². The Morgan fingerprint density at radius 1 is 1.00 bits per heavy atom. The molecule has 1 aromatic heterocycles. The molecule has 1 fully saturated rings. The molecule has 5 rings (SSSR count). The molecular formula is C23H21N5O. The van der Waals surface area contributed by atoms with Crippen LogP contribution in [0.25, 0.3) is 11.3 Å². The van der Waals surface area contributed by atoms with Crippen molar-refractivity contribution in [3.63, 3.8) is 0 Å². The minimum Gasteiger partial charge on any atom is -0.390 e. The van der Waals surface area contributed by atoms with Crippen molar-refractivity contribution in [1.29, 1.82) is 0 Å². The molecule has 1 amide bonds. The van der Waals surface area contributed by atoms with E-state index in [0.29, 0.717) is 11.5 Å². The summed E-state index contributed by atoms with van der Waals surface area (Å²) in [7, 11) is 0. The van der Waals surface area contributed by atoms with Crippen LogP contribution in [0.1, 0.15) is 10.4 Å². The summed E-state index contributed by atoms with van der Waals surface area (Å²) in [5.74, 6) is 1.38. The fourth-order valence-electron chi connectivity index (χ4n) is 3.83. The molecule has 3 aromatic rings. The monoisotopic (exact) mass is 383 g/mol. The van der Waals surface area contributed by atoms with E-state index in [4.69, 9.17) is 0 Å². The van der Waals surface area contributed by atoms with Crippen LogP contribution in [0, 0.1) is 5.92 Å². The maximum absolute atomic E-state index is 12.3. The van der Waals surface area contributed by atoms with Crippen molar-refractivity contribution < 1.29 is 4.79 Å². The fourth-order valence-corrected chi connectivity index (χ4v) is 3.83. The Kier molecular flexibility index (Phi) is 4.44. The summed E-state index contributed by atoms with van der Waals surface area (Å²) in [5, 5.41) is 15.1. The van der Waals surface area contributed by atoms with Gasteiger partial charge in [0.2, 0.25) is 0 Å². The Balaban J connectivity index is 1.26. The van der Waals surface area contributed by atoms with Gasteiger partial charge in [-0.05, 0) is 48.2 Å². The second-order valence-corrected chi connectivity index (χ2v) is 7.38. The molecule has 1 saturated heterocycles. The van der Waals surface area contributed by atoms with Gasteiger partial charge in [-0.1, -0.05) is 30.3 Å². The third kappa shape index (κ3) is 3.57. The number of nitrogens with one attached hydrogen (secondary N) is 2. The molecule has 2 aliphatic heterocycles. The number of fused-ring (bicyclic) bond motifs is 1. The van der Waals surface area contributed by atoms with Crippen molar-refractivity contribution >= 4 is 17.4 Å². The molecule has 2 aliphatic rings. The van der Waals surface area contributed by atoms with Crippen LogP contribution in [0.5, 0.6) is 0 Å². The van der Waals surface area contributed by atoms with Crippen LogP contribution in [0.4, 0.5) is 11.5 Å². The van der Waals surface area contributed by atoms with Crippen molar-refractivity contribution in [1.82, 2.24) is 15.5 Å². The van der Waals surface area contributed by atoms with E-state index in [2.05, 4.69) is 31.9 Å². The quantitative estimate of drug-likeness (QED) is 0.723. The second-order valence-electron chi connectivity index (χ2n) is 7.38. The lowest BCUT2D eigenvalue weighted by molar-refractivity contribution is 0.102. The lowest BCUT2D eigenvalue weighted by Crippen LogP contribution is -2.24. The van der Waals surface area contributed by atoms with Gasteiger partial charge in [0.05, 0.1) is 5.69 Å². The average molecular weight is 383 g/mol. The summed E-state index contributed by atoms with van der Waals surface area (Å²) < 4.78 is 0. The highest BCUT2D eigenvalue weighted by Gasteiger charge is 2.30. The topological polar surface area (TPSA) is 70.2 Å². The van der Waals surface area contributed by atoms with Gasteiger partial charge in [0.15, 0.2) is 5.82 Å². The van der Waals surface area contributed by atoms with E-state index >= 15 is 0 Å². The first kappa shape index (κ1) is 17.4. The van der Waals surface area contributed by atoms with Crippen LogP contribution in [0.3, 0.4) is 0 Å². The lowest BCUT2D eigenvalue weighted by atomic mass is 10.1. The van der Waals surface area contributed by atoms with Crippen molar-refractivity contribution in [2.45, 2.75) is 0 Å². The molecule has 3 heterocycles. The van der Waals surface area contributed by atoms with Gasteiger partial charge in [-0.15, -0.1) is 10.2 Å². The summed E-state index contributed by atoms with van der Waals surface area (Å²) in [6, 6.07) is 20.9. The van der Waals surface area contributed by atoms with E-state index in [0.717, 1.165) is 42.4 Å². The highest BCUT2D eigenvalue weighted by Crippen LogP contribution is 2.29. The number of aromatic nitrogens is 2. The number of hydrogen-bond acceptors (Lipinski definition) is 5. The average Bonchev–Trinajstić information content (AvgIpc) is 3.38. The zero-order valence-corrected chi connectivity index (χ0v) is 15.9. The summed E-state index contributed by atoms with van der Waals surface area (Å²) in [5.41, 5.74) is 4.61. The van der Waals surface area contributed by atoms with Crippen molar-refractivity contribution in [3.8, 4) is 11.3 Å². The Hall–Kier alpha value is -3.67. The van der Waals surface area contributed by atoms with Gasteiger partial charge < -0.3 is 15.5 Å². The number of rotatable bonds is 4. The number of anilines is 2. The van der Waals surface area contributed by atoms with E-state index < -0.39 is 0 Å². The van der Waals surface area contributed by atoms with Crippen molar-refractivity contribution in [2.75, 3.05) is 29.9 Å². The zero-order valence-electron chi connectivity index (χ0n) is 15.9. The van der Waals surface area contributed by atoms with Crippen molar-refractivity contribution in [3.05, 3.63) is 84.1 Å². The van der Waals surface area contributed by atoms with Gasteiger partial charge >= 0.3 is 0 Å². The molecule has 29 heavy (non-hydrogen) atoms. The number of amides is 1. The van der Waals surface area contributed by atoms with Gasteiger partial charge in [-0.2, -0.15) is 0 Å².